The highest BCUT2D eigenvalue weighted by molar-refractivity contribution is 5.75. The molecule has 5 heteroatoms. The molecule has 2 saturated heterocycles. The Kier molecular flexibility index (Phi) is 4.44. The van der Waals surface area contributed by atoms with Gasteiger partial charge in [-0.05, 0) is 67.7 Å². The Hall–Kier alpha value is -1.59. The first-order valence-electron chi connectivity index (χ1n) is 10.8. The summed E-state index contributed by atoms with van der Waals surface area (Å²) in [7, 11) is 1.68. The van der Waals surface area contributed by atoms with Gasteiger partial charge in [0.15, 0.2) is 0 Å². The van der Waals surface area contributed by atoms with Gasteiger partial charge in [-0.3, -0.25) is 4.79 Å². The molecule has 2 aliphatic heterocycles. The van der Waals surface area contributed by atoms with E-state index in [1.165, 1.54) is 24.8 Å². The van der Waals surface area contributed by atoms with Gasteiger partial charge < -0.3 is 19.5 Å². The number of carbonyl (C=O) groups excluding carboxylic acids is 1. The third-order valence-electron chi connectivity index (χ3n) is 8.04. The number of quaternary nitrogens is 1. The number of ether oxygens (including phenoxy) is 3. The number of hydrogen-bond acceptors (Lipinski definition) is 4. The molecule has 1 aromatic carbocycles. The lowest BCUT2D eigenvalue weighted by atomic mass is 9.53. The van der Waals surface area contributed by atoms with Gasteiger partial charge in [-0.15, -0.1) is 0 Å². The average Bonchev–Trinajstić information content (AvgIpc) is 3.39. The highest BCUT2D eigenvalue weighted by Crippen LogP contribution is 2.62. The van der Waals surface area contributed by atoms with Crippen LogP contribution in [0.5, 0.6) is 5.75 Å². The second-order valence-corrected chi connectivity index (χ2v) is 9.68. The summed E-state index contributed by atoms with van der Waals surface area (Å²) in [6, 6.07) is 8.16. The lowest BCUT2D eigenvalue weighted by Gasteiger charge is -2.51. The van der Waals surface area contributed by atoms with Crippen LogP contribution in [-0.2, 0) is 20.8 Å². The molecule has 0 bridgehead atoms. The van der Waals surface area contributed by atoms with Crippen molar-refractivity contribution in [2.24, 2.45) is 23.2 Å². The maximum Gasteiger partial charge on any atom is 0.315 e. The first-order chi connectivity index (χ1) is 13.5. The molecule has 0 unspecified atom stereocenters. The van der Waals surface area contributed by atoms with Crippen molar-refractivity contribution in [2.75, 3.05) is 20.3 Å². The molecule has 0 amide bonds. The van der Waals surface area contributed by atoms with Gasteiger partial charge in [0.2, 0.25) is 0 Å². The van der Waals surface area contributed by atoms with Gasteiger partial charge in [-0.25, -0.2) is 0 Å². The molecule has 1 spiro atoms. The molecule has 2 aliphatic carbocycles. The van der Waals surface area contributed by atoms with E-state index in [1.54, 1.807) is 7.11 Å². The molecular formula is C23H32NO4+. The summed E-state index contributed by atoms with van der Waals surface area (Å²) < 4.78 is 17.1. The van der Waals surface area contributed by atoms with E-state index in [1.807, 2.05) is 12.1 Å². The van der Waals surface area contributed by atoms with Gasteiger partial charge in [0.1, 0.15) is 24.3 Å². The summed E-state index contributed by atoms with van der Waals surface area (Å²) in [6.45, 7) is 5.02. The fraction of sp³-hybridized carbons (Fsp3) is 0.696. The third kappa shape index (κ3) is 3.03. The van der Waals surface area contributed by atoms with Gasteiger partial charge >= 0.3 is 5.97 Å². The number of hydrogen-bond donors (Lipinski definition) is 1. The van der Waals surface area contributed by atoms with E-state index < -0.39 is 0 Å². The molecule has 1 aromatic rings. The van der Waals surface area contributed by atoms with Crippen molar-refractivity contribution >= 4 is 5.97 Å². The summed E-state index contributed by atoms with van der Waals surface area (Å²) in [6.07, 6.45) is 5.92. The summed E-state index contributed by atoms with van der Waals surface area (Å²) in [5.41, 5.74) is 1.65. The summed E-state index contributed by atoms with van der Waals surface area (Å²) in [5, 5.41) is 2.26. The second-order valence-electron chi connectivity index (χ2n) is 9.68. The maximum absolute atomic E-state index is 12.7. The minimum absolute atomic E-state index is 0.0190. The molecule has 5 rings (SSSR count). The molecule has 2 heterocycles. The van der Waals surface area contributed by atoms with Crippen LogP contribution in [0.3, 0.4) is 0 Å². The second kappa shape index (κ2) is 6.74. The SMILES string of the molecule is COc1ccc(C[NH2+]C[C@H]2C(=O)O[C@@H]3C[C@@]4(C)CCC[C@]5(CO5)[C@H]4C[C@@H]32)cc1. The number of benzene rings is 1. The normalized spacial score (nSPS) is 41.3. The lowest BCUT2D eigenvalue weighted by Crippen LogP contribution is -2.84. The Balaban J connectivity index is 1.24. The number of nitrogens with two attached hydrogens (primary N) is 1. The predicted octanol–water partition coefficient (Wildman–Crippen LogP) is 2.29. The lowest BCUT2D eigenvalue weighted by molar-refractivity contribution is -0.675. The van der Waals surface area contributed by atoms with E-state index in [0.29, 0.717) is 11.8 Å². The number of carbonyl (C=O) groups is 1. The fourth-order valence-electron chi connectivity index (χ4n) is 6.42. The number of epoxide rings is 1. The van der Waals surface area contributed by atoms with Gasteiger partial charge in [0, 0.05) is 11.5 Å². The van der Waals surface area contributed by atoms with Crippen molar-refractivity contribution in [1.82, 2.24) is 0 Å². The number of esters is 1. The topological polar surface area (TPSA) is 64.7 Å². The number of fused-ring (bicyclic) bond motifs is 3. The van der Waals surface area contributed by atoms with E-state index in [4.69, 9.17) is 14.2 Å². The number of rotatable bonds is 5. The van der Waals surface area contributed by atoms with Gasteiger partial charge in [0.05, 0.1) is 25.9 Å². The minimum atomic E-state index is 0.0190. The molecule has 28 heavy (non-hydrogen) atoms. The van der Waals surface area contributed by atoms with E-state index in [2.05, 4.69) is 24.4 Å². The Morgan fingerprint density at radius 2 is 2.04 bits per heavy atom. The standard InChI is InChI=1S/C23H31NO4/c1-22-8-3-9-23(14-27-23)20(22)10-17-18(21(25)28-19(17)11-22)13-24-12-15-4-6-16(26-2)7-5-15/h4-7,17-20,24H,3,8-14H2,1-2H3/p+1/t17-,18-,19-,20+,22-,23+/m1/s1. The first kappa shape index (κ1) is 18.4. The van der Waals surface area contributed by atoms with Crippen molar-refractivity contribution < 1.29 is 24.3 Å². The maximum atomic E-state index is 12.7. The van der Waals surface area contributed by atoms with Crippen LogP contribution in [0, 0.1) is 23.2 Å². The van der Waals surface area contributed by atoms with E-state index in [9.17, 15) is 4.79 Å². The minimum Gasteiger partial charge on any atom is -0.497 e. The van der Waals surface area contributed by atoms with Crippen molar-refractivity contribution in [3.63, 3.8) is 0 Å². The molecule has 2 saturated carbocycles. The van der Waals surface area contributed by atoms with Crippen LogP contribution in [-0.4, -0.2) is 37.9 Å². The van der Waals surface area contributed by atoms with Crippen LogP contribution >= 0.6 is 0 Å². The first-order valence-corrected chi connectivity index (χ1v) is 10.8. The zero-order valence-corrected chi connectivity index (χ0v) is 17.0. The monoisotopic (exact) mass is 386 g/mol. The quantitative estimate of drug-likeness (QED) is 0.623. The van der Waals surface area contributed by atoms with Crippen LogP contribution in [0.2, 0.25) is 0 Å². The molecule has 0 aromatic heterocycles. The molecule has 5 nitrogen and oxygen atoms in total. The fourth-order valence-corrected chi connectivity index (χ4v) is 6.42. The largest absolute Gasteiger partial charge is 0.497 e. The van der Waals surface area contributed by atoms with Crippen molar-refractivity contribution in [1.29, 1.82) is 0 Å². The molecule has 6 atom stereocenters. The average molecular weight is 387 g/mol. The van der Waals surface area contributed by atoms with E-state index >= 15 is 0 Å². The molecule has 4 aliphatic rings. The zero-order valence-electron chi connectivity index (χ0n) is 17.0. The Morgan fingerprint density at radius 1 is 1.25 bits per heavy atom. The molecule has 4 fully saturated rings. The molecule has 152 valence electrons. The van der Waals surface area contributed by atoms with Gasteiger partial charge in [0.25, 0.3) is 0 Å². The zero-order chi connectivity index (χ0) is 19.4. The smallest absolute Gasteiger partial charge is 0.315 e. The van der Waals surface area contributed by atoms with Crippen molar-refractivity contribution in [3.8, 4) is 5.75 Å². The summed E-state index contributed by atoms with van der Waals surface area (Å²) in [5.74, 6) is 1.87. The molecular weight excluding hydrogens is 354 g/mol. The van der Waals surface area contributed by atoms with Crippen LogP contribution in [0.1, 0.15) is 44.6 Å². The third-order valence-corrected chi connectivity index (χ3v) is 8.04. The van der Waals surface area contributed by atoms with E-state index in [0.717, 1.165) is 38.3 Å². The van der Waals surface area contributed by atoms with E-state index in [-0.39, 0.29) is 29.0 Å². The highest BCUT2D eigenvalue weighted by atomic mass is 16.6. The van der Waals surface area contributed by atoms with Crippen LogP contribution in [0.15, 0.2) is 24.3 Å². The Labute approximate surface area is 167 Å². The Bertz CT molecular complexity index is 743. The van der Waals surface area contributed by atoms with Crippen LogP contribution in [0.25, 0.3) is 0 Å². The summed E-state index contributed by atoms with van der Waals surface area (Å²) >= 11 is 0. The van der Waals surface area contributed by atoms with Crippen LogP contribution in [0.4, 0.5) is 0 Å². The Morgan fingerprint density at radius 3 is 2.75 bits per heavy atom. The van der Waals surface area contributed by atoms with Gasteiger partial charge in [-0.1, -0.05) is 6.92 Å². The number of methoxy groups -OCH3 is 1. The predicted molar refractivity (Wildman–Crippen MR) is 104 cm³/mol. The molecule has 2 N–H and O–H groups in total. The summed E-state index contributed by atoms with van der Waals surface area (Å²) in [4.78, 5) is 12.7. The highest BCUT2D eigenvalue weighted by Gasteiger charge is 2.65. The van der Waals surface area contributed by atoms with Gasteiger partial charge in [-0.2, -0.15) is 0 Å². The van der Waals surface area contributed by atoms with Crippen LogP contribution < -0.4 is 10.1 Å². The van der Waals surface area contributed by atoms with Crippen molar-refractivity contribution in [3.05, 3.63) is 29.8 Å². The molecule has 0 radical (unpaired) electrons. The van der Waals surface area contributed by atoms with Crippen molar-refractivity contribution in [2.45, 2.75) is 57.3 Å².